The fraction of sp³-hybridized carbons (Fsp3) is 0.286. The zero-order valence-electron chi connectivity index (χ0n) is 20.0. The minimum absolute atomic E-state index is 0. The molecule has 3 aromatic rings. The van der Waals surface area contributed by atoms with Crippen LogP contribution >= 0.6 is 11.3 Å². The van der Waals surface area contributed by atoms with Crippen LogP contribution in [0, 0.1) is 13.8 Å². The van der Waals surface area contributed by atoms with Gasteiger partial charge in [0, 0.05) is 15.3 Å². The van der Waals surface area contributed by atoms with Gasteiger partial charge in [0.25, 0.3) is 0 Å². The van der Waals surface area contributed by atoms with Crippen LogP contribution < -0.4 is 24.8 Å². The van der Waals surface area contributed by atoms with Crippen molar-refractivity contribution in [3.8, 4) is 11.1 Å². The van der Waals surface area contributed by atoms with Crippen LogP contribution in [-0.4, -0.2) is 8.07 Å². The molecule has 3 heterocycles. The predicted molar refractivity (Wildman–Crippen MR) is 135 cm³/mol. The Morgan fingerprint density at radius 1 is 0.879 bits per heavy atom. The molecule has 2 atom stereocenters. The molecular weight excluding hydrogens is 559 g/mol. The van der Waals surface area contributed by atoms with Crippen molar-refractivity contribution in [3.05, 3.63) is 91.7 Å². The number of hydrogen-bond acceptors (Lipinski definition) is 1. The average molecular weight is 588 g/mol. The first-order chi connectivity index (χ1) is 14.7. The van der Waals surface area contributed by atoms with E-state index in [9.17, 15) is 0 Å². The Morgan fingerprint density at radius 3 is 2.15 bits per heavy atom. The van der Waals surface area contributed by atoms with Crippen LogP contribution in [0.3, 0.4) is 0 Å². The number of aryl methyl sites for hydroxylation is 2. The number of halogens is 2. The first kappa shape index (κ1) is 26.9. The zero-order valence-corrected chi connectivity index (χ0v) is 25.8. The van der Waals surface area contributed by atoms with E-state index in [2.05, 4.69) is 95.4 Å². The van der Waals surface area contributed by atoms with E-state index in [0.29, 0.717) is 3.63 Å². The van der Waals surface area contributed by atoms with Gasteiger partial charge in [0.05, 0.1) is 8.07 Å². The van der Waals surface area contributed by atoms with Gasteiger partial charge in [-0.3, -0.25) is 0 Å². The molecule has 2 aliphatic carbocycles. The van der Waals surface area contributed by atoms with Crippen molar-refractivity contribution in [3.63, 3.8) is 0 Å². The largest absolute Gasteiger partial charge is 1.00 e. The van der Waals surface area contributed by atoms with Crippen molar-refractivity contribution in [2.24, 2.45) is 0 Å². The molecule has 5 heteroatoms. The molecule has 4 aliphatic rings. The van der Waals surface area contributed by atoms with Crippen LogP contribution in [0.15, 0.2) is 59.7 Å². The quantitative estimate of drug-likeness (QED) is 0.384. The molecule has 0 N–H and O–H groups in total. The van der Waals surface area contributed by atoms with Crippen molar-refractivity contribution in [2.75, 3.05) is 0 Å². The van der Waals surface area contributed by atoms with E-state index in [1.165, 1.54) is 38.3 Å². The number of allylic oxidation sites excluding steroid dienone is 2. The third-order valence-corrected chi connectivity index (χ3v) is 14.6. The third kappa shape index (κ3) is 4.27. The first-order valence-corrected chi connectivity index (χ1v) is 16.4. The second kappa shape index (κ2) is 9.75. The molecule has 1 aromatic heterocycles. The monoisotopic (exact) mass is 585 g/mol. The molecule has 0 fully saturated rings. The molecule has 33 heavy (non-hydrogen) atoms. The number of fused-ring (bicyclic) bond motifs is 1. The summed E-state index contributed by atoms with van der Waals surface area (Å²) in [5.74, 6) is 0. The molecule has 169 valence electrons. The summed E-state index contributed by atoms with van der Waals surface area (Å²) in [6.45, 7) is 14.0. The predicted octanol–water partition coefficient (Wildman–Crippen LogP) is 2.40. The van der Waals surface area contributed by atoms with Gasteiger partial charge in [-0.1, -0.05) is 23.9 Å². The van der Waals surface area contributed by atoms with Crippen LogP contribution in [0.5, 0.6) is 0 Å². The van der Waals surface area contributed by atoms with Gasteiger partial charge >= 0.3 is 124 Å². The Bertz CT molecular complexity index is 1270. The minimum atomic E-state index is -0.995. The summed E-state index contributed by atoms with van der Waals surface area (Å²) in [5, 5.41) is 1.77. The molecule has 0 saturated carbocycles. The summed E-state index contributed by atoms with van der Waals surface area (Å²) in [7, 11) is -0.995. The van der Waals surface area contributed by atoms with Crippen molar-refractivity contribution in [1.29, 1.82) is 0 Å². The fourth-order valence-corrected chi connectivity index (χ4v) is 13.0. The minimum Gasteiger partial charge on any atom is -1.00 e. The molecular formula is C28H29Cl2SSiZr. The maximum absolute atomic E-state index is 2.52. The Hall–Kier alpha value is -0.700. The molecule has 2 unspecified atom stereocenters. The molecule has 0 saturated heterocycles. The number of benzene rings is 2. The van der Waals surface area contributed by atoms with E-state index < -0.39 is 8.07 Å². The third-order valence-electron chi connectivity index (χ3n) is 7.25. The Morgan fingerprint density at radius 2 is 1.55 bits per heavy atom. The van der Waals surface area contributed by atoms with Crippen molar-refractivity contribution in [2.45, 2.75) is 50.0 Å². The topological polar surface area (TPSA) is 0 Å². The number of thiophene rings is 1. The summed E-state index contributed by atoms with van der Waals surface area (Å²) >= 11 is 3.61. The molecule has 2 bridgehead atoms. The smallest absolute Gasteiger partial charge is 1.00 e. The Kier molecular flexibility index (Phi) is 7.94. The van der Waals surface area contributed by atoms with E-state index in [1.807, 2.05) is 11.3 Å². The second-order valence-electron chi connectivity index (χ2n) is 9.84. The fourth-order valence-electron chi connectivity index (χ4n) is 5.82. The van der Waals surface area contributed by atoms with Crippen molar-refractivity contribution >= 4 is 30.7 Å². The van der Waals surface area contributed by atoms with Gasteiger partial charge in [-0.15, -0.1) is 11.3 Å². The van der Waals surface area contributed by atoms with Gasteiger partial charge in [0.2, 0.25) is 0 Å². The van der Waals surface area contributed by atoms with Gasteiger partial charge in [0.15, 0.2) is 0 Å². The van der Waals surface area contributed by atoms with E-state index in [1.54, 1.807) is 45.9 Å². The summed E-state index contributed by atoms with van der Waals surface area (Å²) < 4.78 is 0.651. The molecule has 2 aromatic carbocycles. The molecule has 0 spiro atoms. The van der Waals surface area contributed by atoms with Gasteiger partial charge < -0.3 is 24.8 Å². The second-order valence-corrected chi connectivity index (χ2v) is 17.1. The normalized spacial score (nSPS) is 20.4. The van der Waals surface area contributed by atoms with Crippen LogP contribution in [0.4, 0.5) is 0 Å². The zero-order chi connectivity index (χ0) is 22.1. The van der Waals surface area contributed by atoms with Gasteiger partial charge in [-0.2, -0.15) is 0 Å². The van der Waals surface area contributed by atoms with Crippen molar-refractivity contribution in [1.82, 2.24) is 0 Å². The number of hydrogen-bond donors (Lipinski definition) is 0. The SMILES string of the molecule is CC1=C2c3cc(C)sc3C1[Si]2(C)C.CC1=Cc2c(-c3ccc(C)cc3)cccc2[CH]1[Zr+2].[Cl-].[Cl-]. The van der Waals surface area contributed by atoms with E-state index in [-0.39, 0.29) is 24.8 Å². The number of rotatable bonds is 1. The Balaban J connectivity index is 0.000000182. The average Bonchev–Trinajstić information content (AvgIpc) is 3.37. The van der Waals surface area contributed by atoms with Gasteiger partial charge in [-0.25, -0.2) is 0 Å². The van der Waals surface area contributed by atoms with Crippen LogP contribution in [0.25, 0.3) is 22.4 Å². The molecule has 0 nitrogen and oxygen atoms in total. The van der Waals surface area contributed by atoms with E-state index in [4.69, 9.17) is 0 Å². The first-order valence-electron chi connectivity index (χ1n) is 11.1. The summed E-state index contributed by atoms with van der Waals surface area (Å²) in [6, 6.07) is 17.9. The molecule has 0 amide bonds. The molecule has 7 rings (SSSR count). The summed E-state index contributed by atoms with van der Waals surface area (Å²) in [6.07, 6.45) is 2.36. The van der Waals surface area contributed by atoms with Gasteiger partial charge in [-0.05, 0) is 25.5 Å². The summed E-state index contributed by atoms with van der Waals surface area (Å²) in [5.41, 5.74) is 12.7. The standard InChI is InChI=1S/C17H15.C11H14SSi.2ClH.Zr/c1-12-6-8-14(9-7-12)16-5-3-4-15-10-13(2)11-17(15)16;1-6-5-8-9(12-6)11-7(2)10(8)13(11,3)4;;;/h3-11H,1-2H3;5,11H,1-4H3;2*1H;/q;;;;+2/p-2. The Labute approximate surface area is 231 Å². The maximum Gasteiger partial charge on any atom is -1.00 e. The van der Waals surface area contributed by atoms with Crippen LogP contribution in [0.2, 0.25) is 13.1 Å². The van der Waals surface area contributed by atoms with Crippen molar-refractivity contribution < 1.29 is 49.5 Å². The van der Waals surface area contributed by atoms with Gasteiger partial charge in [0.1, 0.15) is 0 Å². The summed E-state index contributed by atoms with van der Waals surface area (Å²) in [4.78, 5) is 3.19. The molecule has 0 radical (unpaired) electrons. The maximum atomic E-state index is 2.52. The van der Waals surface area contributed by atoms with Crippen LogP contribution in [-0.2, 0) is 24.7 Å². The van der Waals surface area contributed by atoms with E-state index >= 15 is 0 Å². The van der Waals surface area contributed by atoms with Crippen LogP contribution in [0.1, 0.15) is 55.0 Å². The molecule has 2 aliphatic heterocycles. The van der Waals surface area contributed by atoms with E-state index in [0.717, 1.165) is 5.54 Å².